The van der Waals surface area contributed by atoms with E-state index >= 15 is 0 Å². The third-order valence-electron chi connectivity index (χ3n) is 2.20. The van der Waals surface area contributed by atoms with Crippen LogP contribution in [0.4, 0.5) is 5.69 Å². The van der Waals surface area contributed by atoms with Crippen LogP contribution in [0.3, 0.4) is 0 Å². The van der Waals surface area contributed by atoms with Gasteiger partial charge in [0.25, 0.3) is 0 Å². The van der Waals surface area contributed by atoms with Gasteiger partial charge in [-0.15, -0.1) is 0 Å². The molecule has 2 N–H and O–H groups in total. The molecule has 6 heteroatoms. The van der Waals surface area contributed by atoms with Crippen LogP contribution in [-0.2, 0) is 6.54 Å². The van der Waals surface area contributed by atoms with E-state index in [1.807, 2.05) is 6.07 Å². The zero-order chi connectivity index (χ0) is 13.0. The van der Waals surface area contributed by atoms with Crippen molar-refractivity contribution in [3.05, 3.63) is 47.7 Å². The van der Waals surface area contributed by atoms with Crippen LogP contribution in [0.2, 0.25) is 0 Å². The predicted molar refractivity (Wildman–Crippen MR) is 61.9 cm³/mol. The summed E-state index contributed by atoms with van der Waals surface area (Å²) in [5, 5.41) is 20.4. The highest BCUT2D eigenvalue weighted by molar-refractivity contribution is 5.83. The molecule has 1 heterocycles. The van der Waals surface area contributed by atoms with Crippen LogP contribution < -0.4 is 5.32 Å². The number of nitrogens with zero attached hydrogens (tertiary/aromatic N) is 2. The Balaban J connectivity index is 2.02. The summed E-state index contributed by atoms with van der Waals surface area (Å²) in [6.07, 6.45) is 1.16. The second-order valence-electron chi connectivity index (χ2n) is 3.47. The quantitative estimate of drug-likeness (QED) is 0.850. The molecule has 1 aromatic carbocycles. The Labute approximate surface area is 102 Å². The molecular weight excluding hydrogens is 234 g/mol. The Kier molecular flexibility index (Phi) is 3.25. The molecule has 0 bridgehead atoms. The summed E-state index contributed by atoms with van der Waals surface area (Å²) in [5.41, 5.74) is 1.28. The van der Waals surface area contributed by atoms with Crippen LogP contribution >= 0.6 is 0 Å². The van der Waals surface area contributed by atoms with Crippen molar-refractivity contribution < 1.29 is 14.3 Å². The van der Waals surface area contributed by atoms with Gasteiger partial charge in [-0.2, -0.15) is 5.26 Å². The largest absolute Gasteiger partial charge is 0.475 e. The molecule has 0 aliphatic heterocycles. The topological polar surface area (TPSA) is 99.2 Å². The molecule has 2 rings (SSSR count). The van der Waals surface area contributed by atoms with Gasteiger partial charge in [0.1, 0.15) is 0 Å². The number of nitriles is 1. The number of hydrogen-bond donors (Lipinski definition) is 2. The molecule has 0 saturated carbocycles. The van der Waals surface area contributed by atoms with Crippen molar-refractivity contribution in [3.63, 3.8) is 0 Å². The molecule has 0 radical (unpaired) electrons. The maximum atomic E-state index is 10.6. The number of nitrogens with one attached hydrogen (secondary N) is 1. The maximum absolute atomic E-state index is 10.6. The van der Waals surface area contributed by atoms with Gasteiger partial charge in [-0.25, -0.2) is 9.78 Å². The van der Waals surface area contributed by atoms with Gasteiger partial charge in [0.05, 0.1) is 24.4 Å². The molecule has 0 unspecified atom stereocenters. The highest BCUT2D eigenvalue weighted by atomic mass is 16.4. The average molecular weight is 243 g/mol. The first-order valence-corrected chi connectivity index (χ1v) is 5.11. The third-order valence-corrected chi connectivity index (χ3v) is 2.20. The standard InChI is InChI=1S/C12H9N3O3/c13-5-8-2-1-3-9(4-8)14-7-11-15-6-10(18-11)12(16)17/h1-4,6,14H,7H2,(H,16,17). The zero-order valence-corrected chi connectivity index (χ0v) is 9.25. The molecule has 0 fully saturated rings. The molecule has 0 aliphatic carbocycles. The number of anilines is 1. The van der Waals surface area contributed by atoms with Gasteiger partial charge in [-0.1, -0.05) is 6.07 Å². The minimum Gasteiger partial charge on any atom is -0.475 e. The number of rotatable bonds is 4. The molecule has 0 saturated heterocycles. The smallest absolute Gasteiger partial charge is 0.373 e. The minimum atomic E-state index is -1.15. The first-order valence-electron chi connectivity index (χ1n) is 5.11. The lowest BCUT2D eigenvalue weighted by Gasteiger charge is -2.03. The number of oxazole rings is 1. The number of aromatic carboxylic acids is 1. The van der Waals surface area contributed by atoms with E-state index in [1.165, 1.54) is 0 Å². The molecule has 0 aliphatic rings. The highest BCUT2D eigenvalue weighted by Crippen LogP contribution is 2.11. The second kappa shape index (κ2) is 5.01. The number of aromatic nitrogens is 1. The van der Waals surface area contributed by atoms with Crippen molar-refractivity contribution in [2.45, 2.75) is 6.54 Å². The Hall–Kier alpha value is -2.81. The fraction of sp³-hybridized carbons (Fsp3) is 0.0833. The van der Waals surface area contributed by atoms with Crippen LogP contribution in [0.25, 0.3) is 0 Å². The monoisotopic (exact) mass is 243 g/mol. The maximum Gasteiger partial charge on any atom is 0.373 e. The van der Waals surface area contributed by atoms with Gasteiger partial charge in [0, 0.05) is 5.69 Å². The van der Waals surface area contributed by atoms with Crippen LogP contribution in [0.5, 0.6) is 0 Å². The number of hydrogen-bond acceptors (Lipinski definition) is 5. The first-order chi connectivity index (χ1) is 8.69. The van der Waals surface area contributed by atoms with Gasteiger partial charge in [0.2, 0.25) is 11.7 Å². The number of benzene rings is 1. The SMILES string of the molecule is N#Cc1cccc(NCc2ncc(C(=O)O)o2)c1. The molecule has 0 atom stereocenters. The number of carboxylic acid groups (broad SMARTS) is 1. The molecule has 0 spiro atoms. The van der Waals surface area contributed by atoms with Gasteiger partial charge in [-0.3, -0.25) is 0 Å². The van der Waals surface area contributed by atoms with Gasteiger partial charge in [0.15, 0.2) is 0 Å². The van der Waals surface area contributed by atoms with E-state index in [2.05, 4.69) is 10.3 Å². The molecule has 0 amide bonds. The molecule has 18 heavy (non-hydrogen) atoms. The Morgan fingerprint density at radius 2 is 2.39 bits per heavy atom. The summed E-state index contributed by atoms with van der Waals surface area (Å²) in [4.78, 5) is 14.4. The van der Waals surface area contributed by atoms with Crippen molar-refractivity contribution in [3.8, 4) is 6.07 Å². The zero-order valence-electron chi connectivity index (χ0n) is 9.25. The number of carboxylic acids is 1. The molecule has 2 aromatic rings. The normalized spacial score (nSPS) is 9.72. The van der Waals surface area contributed by atoms with E-state index in [0.717, 1.165) is 11.9 Å². The van der Waals surface area contributed by atoms with E-state index in [9.17, 15) is 4.79 Å². The summed E-state index contributed by atoms with van der Waals surface area (Å²) >= 11 is 0. The van der Waals surface area contributed by atoms with Crippen molar-refractivity contribution in [1.82, 2.24) is 4.98 Å². The fourth-order valence-corrected chi connectivity index (χ4v) is 1.37. The Bertz CT molecular complexity index is 613. The minimum absolute atomic E-state index is 0.197. The van der Waals surface area contributed by atoms with Crippen LogP contribution in [0.1, 0.15) is 22.0 Å². The highest BCUT2D eigenvalue weighted by Gasteiger charge is 2.09. The van der Waals surface area contributed by atoms with Crippen LogP contribution in [0.15, 0.2) is 34.9 Å². The molecule has 1 aromatic heterocycles. The molecule has 90 valence electrons. The third kappa shape index (κ3) is 2.65. The summed E-state index contributed by atoms with van der Waals surface area (Å²) in [6.45, 7) is 0.252. The van der Waals surface area contributed by atoms with Crippen LogP contribution in [0, 0.1) is 11.3 Å². The fourth-order valence-electron chi connectivity index (χ4n) is 1.37. The van der Waals surface area contributed by atoms with E-state index in [0.29, 0.717) is 5.56 Å². The van der Waals surface area contributed by atoms with Gasteiger partial charge < -0.3 is 14.8 Å². The lowest BCUT2D eigenvalue weighted by Crippen LogP contribution is -1.99. The molecular formula is C12H9N3O3. The van der Waals surface area contributed by atoms with Crippen molar-refractivity contribution in [2.75, 3.05) is 5.32 Å². The van der Waals surface area contributed by atoms with Crippen molar-refractivity contribution >= 4 is 11.7 Å². The van der Waals surface area contributed by atoms with E-state index in [-0.39, 0.29) is 18.2 Å². The van der Waals surface area contributed by atoms with Crippen molar-refractivity contribution in [1.29, 1.82) is 5.26 Å². The lowest BCUT2D eigenvalue weighted by molar-refractivity contribution is 0.0660. The number of carbonyl (C=O) groups is 1. The van der Waals surface area contributed by atoms with E-state index < -0.39 is 5.97 Å². The van der Waals surface area contributed by atoms with Crippen LogP contribution in [-0.4, -0.2) is 16.1 Å². The van der Waals surface area contributed by atoms with E-state index in [4.69, 9.17) is 14.8 Å². The summed E-state index contributed by atoms with van der Waals surface area (Å²) in [7, 11) is 0. The predicted octanol–water partition coefficient (Wildman–Crippen LogP) is 1.86. The average Bonchev–Trinajstić information content (AvgIpc) is 2.85. The van der Waals surface area contributed by atoms with Crippen molar-refractivity contribution in [2.24, 2.45) is 0 Å². The van der Waals surface area contributed by atoms with E-state index in [1.54, 1.807) is 24.3 Å². The van der Waals surface area contributed by atoms with Gasteiger partial charge >= 0.3 is 5.97 Å². The summed E-state index contributed by atoms with van der Waals surface area (Å²) in [5.74, 6) is -1.08. The first kappa shape index (κ1) is 11.7. The second-order valence-corrected chi connectivity index (χ2v) is 3.47. The lowest BCUT2D eigenvalue weighted by atomic mass is 10.2. The summed E-state index contributed by atoms with van der Waals surface area (Å²) < 4.78 is 4.99. The Morgan fingerprint density at radius 3 is 3.06 bits per heavy atom. The molecule has 6 nitrogen and oxygen atoms in total. The Morgan fingerprint density at radius 1 is 1.56 bits per heavy atom. The summed E-state index contributed by atoms with van der Waals surface area (Å²) in [6, 6.07) is 8.95. The van der Waals surface area contributed by atoms with Gasteiger partial charge in [-0.05, 0) is 18.2 Å².